The molecule has 0 bridgehead atoms. The van der Waals surface area contributed by atoms with Crippen LogP contribution < -0.4 is 14.8 Å². The van der Waals surface area contributed by atoms with Gasteiger partial charge in [0.05, 0.1) is 19.5 Å². The Hall–Kier alpha value is -2.75. The topological polar surface area (TPSA) is 105 Å². The number of alkyl carbamates (subject to hydrolysis) is 1. The van der Waals surface area contributed by atoms with Crippen molar-refractivity contribution in [3.63, 3.8) is 0 Å². The number of rotatable bonds is 7. The Morgan fingerprint density at radius 1 is 1.19 bits per heavy atom. The van der Waals surface area contributed by atoms with Crippen molar-refractivity contribution in [2.75, 3.05) is 14.2 Å². The smallest absolute Gasteiger partial charge is 0.413 e. The molecule has 0 unspecified atom stereocenters. The summed E-state index contributed by atoms with van der Waals surface area (Å²) in [5.74, 6) is 1.55. The predicted molar refractivity (Wildman–Crippen MR) is 94.2 cm³/mol. The number of carbonyl (C=O) groups is 2. The summed E-state index contributed by atoms with van der Waals surface area (Å²) in [5.41, 5.74) is 0. The summed E-state index contributed by atoms with van der Waals surface area (Å²) in [6, 6.07) is 7.19. The van der Waals surface area contributed by atoms with Crippen molar-refractivity contribution < 1.29 is 23.8 Å². The highest BCUT2D eigenvalue weighted by molar-refractivity contribution is 8.00. The maximum Gasteiger partial charge on any atom is 0.413 e. The van der Waals surface area contributed by atoms with E-state index in [4.69, 9.17) is 9.47 Å². The quantitative estimate of drug-likeness (QED) is 0.725. The molecule has 1 aromatic carbocycles. The first-order valence-electron chi connectivity index (χ1n) is 7.65. The van der Waals surface area contributed by atoms with Gasteiger partial charge in [-0.3, -0.25) is 10.1 Å². The third-order valence-electron chi connectivity index (χ3n) is 3.41. The summed E-state index contributed by atoms with van der Waals surface area (Å²) in [4.78, 5) is 23.0. The molecule has 0 radical (unpaired) electrons. The molecule has 9 nitrogen and oxygen atoms in total. The number of ether oxygens (including phenoxy) is 3. The van der Waals surface area contributed by atoms with Gasteiger partial charge in [-0.05, 0) is 31.2 Å². The molecule has 2 amide bonds. The fourth-order valence-corrected chi connectivity index (χ4v) is 2.69. The second kappa shape index (κ2) is 9.09. The number of methoxy groups -OCH3 is 2. The Morgan fingerprint density at radius 3 is 2.46 bits per heavy atom. The highest BCUT2D eigenvalue weighted by Crippen LogP contribution is 2.22. The van der Waals surface area contributed by atoms with E-state index in [2.05, 4.69) is 20.3 Å². The highest BCUT2D eigenvalue weighted by Gasteiger charge is 2.20. The van der Waals surface area contributed by atoms with E-state index in [1.165, 1.54) is 18.9 Å². The molecular formula is C16H20N4O5S. The van der Waals surface area contributed by atoms with Crippen LogP contribution in [0.25, 0.3) is 0 Å². The molecule has 140 valence electrons. The van der Waals surface area contributed by atoms with Crippen molar-refractivity contribution >= 4 is 23.8 Å². The summed E-state index contributed by atoms with van der Waals surface area (Å²) in [6.07, 6.45) is -0.797. The predicted octanol–water partition coefficient (Wildman–Crippen LogP) is 1.77. The molecule has 0 aliphatic carbocycles. The minimum atomic E-state index is -0.797. The molecule has 0 aliphatic rings. The largest absolute Gasteiger partial charge is 0.497 e. The molecule has 1 atom stereocenters. The third kappa shape index (κ3) is 5.12. The highest BCUT2D eigenvalue weighted by atomic mass is 32.2. The molecule has 1 aromatic heterocycles. The number of hydrogen-bond acceptors (Lipinski definition) is 8. The number of amides is 2. The van der Waals surface area contributed by atoms with Gasteiger partial charge in [-0.15, -0.1) is 10.2 Å². The summed E-state index contributed by atoms with van der Waals surface area (Å²) in [7, 11) is 4.57. The SMILES string of the molecule is COC(=O)NC(=O)[C@H](C)Sc1nnc(COc2ccc(OC)cc2)n1C. The van der Waals surface area contributed by atoms with Gasteiger partial charge < -0.3 is 18.8 Å². The Bertz CT molecular complexity index is 763. The van der Waals surface area contributed by atoms with Crippen molar-refractivity contribution in [3.05, 3.63) is 30.1 Å². The van der Waals surface area contributed by atoms with Crippen molar-refractivity contribution in [3.8, 4) is 11.5 Å². The number of hydrogen-bond donors (Lipinski definition) is 1. The lowest BCUT2D eigenvalue weighted by Gasteiger charge is -2.10. The fourth-order valence-electron chi connectivity index (χ4n) is 1.86. The van der Waals surface area contributed by atoms with E-state index in [0.29, 0.717) is 16.7 Å². The zero-order chi connectivity index (χ0) is 19.1. The second-order valence-electron chi connectivity index (χ2n) is 5.16. The van der Waals surface area contributed by atoms with Crippen LogP contribution in [0.15, 0.2) is 29.4 Å². The van der Waals surface area contributed by atoms with Gasteiger partial charge in [0.25, 0.3) is 0 Å². The van der Waals surface area contributed by atoms with Gasteiger partial charge in [-0.1, -0.05) is 11.8 Å². The van der Waals surface area contributed by atoms with Crippen molar-refractivity contribution in [1.29, 1.82) is 0 Å². The average Bonchev–Trinajstić information content (AvgIpc) is 2.99. The van der Waals surface area contributed by atoms with Gasteiger partial charge in [0.15, 0.2) is 11.0 Å². The van der Waals surface area contributed by atoms with E-state index in [-0.39, 0.29) is 6.61 Å². The van der Waals surface area contributed by atoms with Crippen LogP contribution in [0, 0.1) is 0 Å². The molecule has 0 spiro atoms. The number of carbonyl (C=O) groups excluding carboxylic acids is 2. The lowest BCUT2D eigenvalue weighted by molar-refractivity contribution is -0.119. The van der Waals surface area contributed by atoms with Gasteiger partial charge in [-0.25, -0.2) is 4.79 Å². The van der Waals surface area contributed by atoms with Crippen LogP contribution in [-0.4, -0.2) is 46.2 Å². The van der Waals surface area contributed by atoms with Gasteiger partial charge >= 0.3 is 6.09 Å². The third-order valence-corrected chi connectivity index (χ3v) is 4.55. The van der Waals surface area contributed by atoms with E-state index in [0.717, 1.165) is 5.75 Å². The Balaban J connectivity index is 1.93. The molecule has 26 heavy (non-hydrogen) atoms. The molecule has 2 aromatic rings. The first-order chi connectivity index (χ1) is 12.4. The number of nitrogens with zero attached hydrogens (tertiary/aromatic N) is 3. The van der Waals surface area contributed by atoms with Crippen LogP contribution in [-0.2, 0) is 23.2 Å². The van der Waals surface area contributed by atoms with E-state index in [1.54, 1.807) is 49.9 Å². The molecule has 10 heteroatoms. The lowest BCUT2D eigenvalue weighted by atomic mass is 10.3. The summed E-state index contributed by atoms with van der Waals surface area (Å²) in [6.45, 7) is 1.88. The number of aromatic nitrogens is 3. The molecule has 2 rings (SSSR count). The lowest BCUT2D eigenvalue weighted by Crippen LogP contribution is -2.35. The number of nitrogens with one attached hydrogen (secondary N) is 1. The maximum atomic E-state index is 11.9. The molecule has 0 saturated carbocycles. The van der Waals surface area contributed by atoms with Crippen molar-refractivity contribution in [2.24, 2.45) is 7.05 Å². The molecular weight excluding hydrogens is 360 g/mol. The van der Waals surface area contributed by atoms with Crippen LogP contribution >= 0.6 is 11.8 Å². The van der Waals surface area contributed by atoms with Gasteiger partial charge in [0.2, 0.25) is 5.91 Å². The number of thioether (sulfide) groups is 1. The average molecular weight is 380 g/mol. The van der Waals surface area contributed by atoms with Crippen LogP contribution in [0.5, 0.6) is 11.5 Å². The first kappa shape index (κ1) is 19.6. The Labute approximate surface area is 155 Å². The van der Waals surface area contributed by atoms with Crippen LogP contribution in [0.2, 0.25) is 0 Å². The van der Waals surface area contributed by atoms with Crippen molar-refractivity contribution in [2.45, 2.75) is 23.9 Å². The fraction of sp³-hybridized carbons (Fsp3) is 0.375. The first-order valence-corrected chi connectivity index (χ1v) is 8.53. The normalized spacial score (nSPS) is 11.5. The monoisotopic (exact) mass is 380 g/mol. The Kier molecular flexibility index (Phi) is 6.84. The van der Waals surface area contributed by atoms with Gasteiger partial charge in [0, 0.05) is 7.05 Å². The molecule has 1 heterocycles. The minimum Gasteiger partial charge on any atom is -0.497 e. The zero-order valence-corrected chi connectivity index (χ0v) is 15.7. The Morgan fingerprint density at radius 2 is 1.85 bits per heavy atom. The molecule has 0 saturated heterocycles. The summed E-state index contributed by atoms with van der Waals surface area (Å²) in [5, 5.41) is 10.2. The zero-order valence-electron chi connectivity index (χ0n) is 14.9. The summed E-state index contributed by atoms with van der Waals surface area (Å²) < 4.78 is 16.9. The van der Waals surface area contributed by atoms with E-state index in [9.17, 15) is 9.59 Å². The molecule has 1 N–H and O–H groups in total. The summed E-state index contributed by atoms with van der Waals surface area (Å²) >= 11 is 1.18. The second-order valence-corrected chi connectivity index (χ2v) is 6.47. The molecule has 0 aliphatic heterocycles. The van der Waals surface area contributed by atoms with Crippen LogP contribution in [0.1, 0.15) is 12.7 Å². The van der Waals surface area contributed by atoms with Gasteiger partial charge in [0.1, 0.15) is 18.1 Å². The maximum absolute atomic E-state index is 11.9. The standard InChI is InChI=1S/C16H20N4O5S/c1-10(14(21)17-16(22)24-4)26-15-19-18-13(20(15)2)9-25-12-7-5-11(23-3)6-8-12/h5-8,10H,9H2,1-4H3,(H,17,21,22)/t10-/m0/s1. The van der Waals surface area contributed by atoms with Crippen LogP contribution in [0.3, 0.4) is 0 Å². The number of benzene rings is 1. The molecule has 0 fully saturated rings. The van der Waals surface area contributed by atoms with E-state index < -0.39 is 17.3 Å². The van der Waals surface area contributed by atoms with Gasteiger partial charge in [-0.2, -0.15) is 0 Å². The van der Waals surface area contributed by atoms with E-state index in [1.807, 2.05) is 0 Å². The number of imide groups is 1. The van der Waals surface area contributed by atoms with Crippen LogP contribution in [0.4, 0.5) is 4.79 Å². The van der Waals surface area contributed by atoms with Crippen molar-refractivity contribution in [1.82, 2.24) is 20.1 Å². The van der Waals surface area contributed by atoms with E-state index >= 15 is 0 Å². The minimum absolute atomic E-state index is 0.221.